The molecule has 2 heteroatoms. The molecule has 1 aromatic carbocycles. The van der Waals surface area contributed by atoms with Crippen molar-refractivity contribution in [3.63, 3.8) is 0 Å². The van der Waals surface area contributed by atoms with Gasteiger partial charge in [0.05, 0.1) is 5.60 Å². The summed E-state index contributed by atoms with van der Waals surface area (Å²) >= 11 is 1.91. The molecule has 0 saturated heterocycles. The molecule has 2 aromatic rings. The van der Waals surface area contributed by atoms with Crippen molar-refractivity contribution in [2.24, 2.45) is 0 Å². The summed E-state index contributed by atoms with van der Waals surface area (Å²) in [5, 5.41) is 11.4. The summed E-state index contributed by atoms with van der Waals surface area (Å²) < 4.78 is 0. The molecule has 2 aliphatic rings. The summed E-state index contributed by atoms with van der Waals surface area (Å²) in [5.41, 5.74) is 2.41. The monoisotopic (exact) mass is 326 g/mol. The lowest BCUT2D eigenvalue weighted by Crippen LogP contribution is -2.38. The van der Waals surface area contributed by atoms with E-state index in [4.69, 9.17) is 0 Å². The highest BCUT2D eigenvalue weighted by Crippen LogP contribution is 2.58. The fourth-order valence-electron chi connectivity index (χ4n) is 4.86. The van der Waals surface area contributed by atoms with E-state index in [-0.39, 0.29) is 5.41 Å². The highest BCUT2D eigenvalue weighted by molar-refractivity contribution is 7.12. The molecular formula is C21H26OS. The van der Waals surface area contributed by atoms with Gasteiger partial charge in [-0.2, -0.15) is 0 Å². The Bertz CT molecular complexity index is 696. The lowest BCUT2D eigenvalue weighted by Gasteiger charge is -2.38. The van der Waals surface area contributed by atoms with Crippen LogP contribution in [0.25, 0.3) is 0 Å². The average Bonchev–Trinajstić information content (AvgIpc) is 3.07. The van der Waals surface area contributed by atoms with Gasteiger partial charge >= 0.3 is 0 Å². The molecule has 2 aliphatic carbocycles. The van der Waals surface area contributed by atoms with E-state index in [9.17, 15) is 5.11 Å². The summed E-state index contributed by atoms with van der Waals surface area (Å²) in [6, 6.07) is 13.3. The van der Waals surface area contributed by atoms with Crippen molar-refractivity contribution in [1.29, 1.82) is 0 Å². The van der Waals surface area contributed by atoms with Gasteiger partial charge in [-0.1, -0.05) is 56.5 Å². The van der Waals surface area contributed by atoms with Crippen molar-refractivity contribution in [3.05, 3.63) is 57.3 Å². The van der Waals surface area contributed by atoms with Crippen LogP contribution in [0.1, 0.15) is 72.2 Å². The summed E-state index contributed by atoms with van der Waals surface area (Å²) in [7, 11) is 0. The summed E-state index contributed by atoms with van der Waals surface area (Å²) in [4.78, 5) is 2.83. The summed E-state index contributed by atoms with van der Waals surface area (Å²) in [6.45, 7) is 4.58. The van der Waals surface area contributed by atoms with Crippen molar-refractivity contribution in [1.82, 2.24) is 0 Å². The number of hydrogen-bond acceptors (Lipinski definition) is 2. The normalized spacial score (nSPS) is 29.4. The molecule has 23 heavy (non-hydrogen) atoms. The molecule has 122 valence electrons. The first-order valence-corrected chi connectivity index (χ1v) is 9.73. The largest absolute Gasteiger partial charge is 0.389 e. The standard InChI is InChI=1S/C21H26OS/c1-15-13-17-19(23-15)18(21(22)11-7-4-8-12-21)14-20(17,2)16-9-5-3-6-10-16/h3,5-6,9-10,13,18,22H,4,7-8,11-12,14H2,1-2H3. The smallest absolute Gasteiger partial charge is 0.0724 e. The number of aliphatic hydroxyl groups is 1. The van der Waals surface area contributed by atoms with E-state index < -0.39 is 5.60 Å². The van der Waals surface area contributed by atoms with E-state index in [1.54, 1.807) is 0 Å². The van der Waals surface area contributed by atoms with Crippen LogP contribution in [-0.4, -0.2) is 10.7 Å². The molecule has 0 spiro atoms. The third-order valence-corrected chi connectivity index (χ3v) is 7.35. The maximum absolute atomic E-state index is 11.4. The second-order valence-electron chi connectivity index (χ2n) is 7.75. The van der Waals surface area contributed by atoms with Gasteiger partial charge in [0.25, 0.3) is 0 Å². The zero-order chi connectivity index (χ0) is 16.1. The Morgan fingerprint density at radius 2 is 1.78 bits per heavy atom. The number of fused-ring (bicyclic) bond motifs is 1. The highest BCUT2D eigenvalue weighted by atomic mass is 32.1. The van der Waals surface area contributed by atoms with E-state index in [0.717, 1.165) is 19.3 Å². The van der Waals surface area contributed by atoms with Gasteiger partial charge in [0.15, 0.2) is 0 Å². The van der Waals surface area contributed by atoms with Crippen LogP contribution in [0, 0.1) is 6.92 Å². The van der Waals surface area contributed by atoms with Crippen molar-refractivity contribution >= 4 is 11.3 Å². The van der Waals surface area contributed by atoms with Crippen LogP contribution >= 0.6 is 11.3 Å². The number of hydrogen-bond donors (Lipinski definition) is 1. The molecule has 1 N–H and O–H groups in total. The van der Waals surface area contributed by atoms with Crippen LogP contribution in [0.4, 0.5) is 0 Å². The molecule has 0 amide bonds. The fourth-order valence-corrected chi connectivity index (χ4v) is 6.22. The number of aryl methyl sites for hydroxylation is 1. The zero-order valence-electron chi connectivity index (χ0n) is 14.1. The molecule has 2 unspecified atom stereocenters. The molecule has 1 fully saturated rings. The molecule has 2 atom stereocenters. The first-order valence-electron chi connectivity index (χ1n) is 8.92. The van der Waals surface area contributed by atoms with Gasteiger partial charge in [0.2, 0.25) is 0 Å². The van der Waals surface area contributed by atoms with E-state index in [1.807, 2.05) is 11.3 Å². The molecule has 0 bridgehead atoms. The fraction of sp³-hybridized carbons (Fsp3) is 0.524. The van der Waals surface area contributed by atoms with Crippen LogP contribution in [0.2, 0.25) is 0 Å². The van der Waals surface area contributed by atoms with Gasteiger partial charge in [-0.15, -0.1) is 11.3 Å². The summed E-state index contributed by atoms with van der Waals surface area (Å²) in [5.74, 6) is 0.307. The van der Waals surface area contributed by atoms with E-state index in [1.165, 1.54) is 40.1 Å². The minimum absolute atomic E-state index is 0.0409. The van der Waals surface area contributed by atoms with Crippen LogP contribution in [0.15, 0.2) is 36.4 Å². The Labute approximate surface area is 143 Å². The third-order valence-electron chi connectivity index (χ3n) is 6.19. The van der Waals surface area contributed by atoms with Crippen LogP contribution in [0.3, 0.4) is 0 Å². The third kappa shape index (κ3) is 2.38. The SMILES string of the molecule is Cc1cc2c(s1)C(C1(O)CCCCC1)CC2(C)c1ccccc1. The predicted molar refractivity (Wildman–Crippen MR) is 97.3 cm³/mol. The second-order valence-corrected chi connectivity index (χ2v) is 9.04. The molecule has 4 rings (SSSR count). The van der Waals surface area contributed by atoms with Gasteiger partial charge in [-0.3, -0.25) is 0 Å². The lowest BCUT2D eigenvalue weighted by atomic mass is 9.71. The van der Waals surface area contributed by atoms with Crippen LogP contribution in [0.5, 0.6) is 0 Å². The first-order chi connectivity index (χ1) is 11.0. The molecule has 1 saturated carbocycles. The molecule has 0 aliphatic heterocycles. The second kappa shape index (κ2) is 5.46. The van der Waals surface area contributed by atoms with Gasteiger partial charge < -0.3 is 5.11 Å². The Morgan fingerprint density at radius 3 is 2.48 bits per heavy atom. The minimum Gasteiger partial charge on any atom is -0.389 e. The van der Waals surface area contributed by atoms with Crippen LogP contribution in [-0.2, 0) is 5.41 Å². The average molecular weight is 327 g/mol. The maximum Gasteiger partial charge on any atom is 0.0724 e. The van der Waals surface area contributed by atoms with Crippen molar-refractivity contribution < 1.29 is 5.11 Å². The Hall–Kier alpha value is -1.12. The molecule has 1 nitrogen and oxygen atoms in total. The van der Waals surface area contributed by atoms with Gasteiger partial charge in [0, 0.05) is 21.1 Å². The Morgan fingerprint density at radius 1 is 1.09 bits per heavy atom. The lowest BCUT2D eigenvalue weighted by molar-refractivity contribution is -0.0231. The topological polar surface area (TPSA) is 20.2 Å². The number of thiophene rings is 1. The van der Waals surface area contributed by atoms with Crippen LogP contribution < -0.4 is 0 Å². The first kappa shape index (κ1) is 15.4. The van der Waals surface area contributed by atoms with Crippen molar-refractivity contribution in [2.75, 3.05) is 0 Å². The van der Waals surface area contributed by atoms with Gasteiger partial charge in [0.1, 0.15) is 0 Å². The predicted octanol–water partition coefficient (Wildman–Crippen LogP) is 5.55. The molecular weight excluding hydrogens is 300 g/mol. The summed E-state index contributed by atoms with van der Waals surface area (Å²) in [6.07, 6.45) is 6.62. The van der Waals surface area contributed by atoms with Crippen molar-refractivity contribution in [3.8, 4) is 0 Å². The van der Waals surface area contributed by atoms with E-state index in [2.05, 4.69) is 50.2 Å². The molecule has 1 aromatic heterocycles. The Balaban J connectivity index is 1.80. The van der Waals surface area contributed by atoms with E-state index >= 15 is 0 Å². The quantitative estimate of drug-likeness (QED) is 0.767. The minimum atomic E-state index is -0.489. The van der Waals surface area contributed by atoms with Gasteiger partial charge in [-0.25, -0.2) is 0 Å². The number of benzene rings is 1. The highest BCUT2D eigenvalue weighted by Gasteiger charge is 2.51. The Kier molecular flexibility index (Phi) is 3.66. The maximum atomic E-state index is 11.4. The zero-order valence-corrected chi connectivity index (χ0v) is 15.0. The number of rotatable bonds is 2. The van der Waals surface area contributed by atoms with E-state index in [0.29, 0.717) is 5.92 Å². The van der Waals surface area contributed by atoms with Gasteiger partial charge in [-0.05, 0) is 43.4 Å². The molecule has 1 heterocycles. The van der Waals surface area contributed by atoms with Crippen molar-refractivity contribution in [2.45, 2.75) is 69.3 Å². The molecule has 0 radical (unpaired) electrons.